The van der Waals surface area contributed by atoms with Crippen LogP contribution in [0.5, 0.6) is 0 Å². The van der Waals surface area contributed by atoms with Crippen molar-refractivity contribution in [2.75, 3.05) is 17.7 Å². The lowest BCUT2D eigenvalue weighted by molar-refractivity contribution is -0.384. The molecule has 1 aliphatic heterocycles. The summed E-state index contributed by atoms with van der Waals surface area (Å²) in [6.07, 6.45) is 0. The fourth-order valence-electron chi connectivity index (χ4n) is 3.77. The van der Waals surface area contributed by atoms with Crippen molar-refractivity contribution in [1.82, 2.24) is 9.97 Å². The number of nitro benzene ring substituents is 1. The molecule has 0 saturated heterocycles. The molecule has 162 valence electrons. The van der Waals surface area contributed by atoms with E-state index in [1.165, 1.54) is 12.1 Å². The Hall–Kier alpha value is -4.05. The topological polar surface area (TPSA) is 136 Å². The molecule has 2 heterocycles. The van der Waals surface area contributed by atoms with Crippen LogP contribution in [0, 0.1) is 14.9 Å². The Morgan fingerprint density at radius 2 is 2.00 bits per heavy atom. The molecule has 1 atom stereocenters. The van der Waals surface area contributed by atoms with Crippen molar-refractivity contribution in [1.29, 1.82) is 0 Å². The van der Waals surface area contributed by atoms with Gasteiger partial charge in [-0.25, -0.2) is 9.78 Å². The van der Waals surface area contributed by atoms with Gasteiger partial charge in [0, 0.05) is 17.7 Å². The predicted octanol–water partition coefficient (Wildman–Crippen LogP) is 4.16. The molecule has 2 aromatic carbocycles. The summed E-state index contributed by atoms with van der Waals surface area (Å²) in [6.45, 7) is 1.87. The molecule has 0 aliphatic carbocycles. The van der Waals surface area contributed by atoms with E-state index in [-0.39, 0.29) is 28.5 Å². The van der Waals surface area contributed by atoms with Gasteiger partial charge in [0.15, 0.2) is 4.77 Å². The first-order valence-corrected chi connectivity index (χ1v) is 10.2. The second kappa shape index (κ2) is 8.60. The average molecular weight is 449 g/mol. The van der Waals surface area contributed by atoms with Crippen molar-refractivity contribution in [2.45, 2.75) is 12.8 Å². The molecular weight excluding hydrogens is 430 g/mol. The summed E-state index contributed by atoms with van der Waals surface area (Å²) in [4.78, 5) is 31.4. The molecule has 0 bridgehead atoms. The SMILES string of the molecule is CCOC(=O)C1=C(c2ccccc2)Nc2nc(=S)[nH]c(N)c2C1c1cccc([N+](=O)[O-])c1. The van der Waals surface area contributed by atoms with E-state index in [4.69, 9.17) is 22.7 Å². The summed E-state index contributed by atoms with van der Waals surface area (Å²) >= 11 is 5.19. The van der Waals surface area contributed by atoms with Crippen molar-refractivity contribution in [3.63, 3.8) is 0 Å². The van der Waals surface area contributed by atoms with Gasteiger partial charge < -0.3 is 20.8 Å². The summed E-state index contributed by atoms with van der Waals surface area (Å²) < 4.78 is 5.54. The number of nitro groups is 1. The minimum absolute atomic E-state index is 0.109. The zero-order chi connectivity index (χ0) is 22.8. The van der Waals surface area contributed by atoms with Crippen LogP contribution in [0.4, 0.5) is 17.3 Å². The molecule has 1 aliphatic rings. The Labute approximate surface area is 188 Å². The van der Waals surface area contributed by atoms with Crippen LogP contribution in [-0.2, 0) is 9.53 Å². The number of ether oxygens (including phenoxy) is 1. The highest BCUT2D eigenvalue weighted by atomic mass is 32.1. The van der Waals surface area contributed by atoms with Crippen LogP contribution in [0.15, 0.2) is 60.2 Å². The number of anilines is 2. The van der Waals surface area contributed by atoms with Crippen LogP contribution in [0.1, 0.15) is 29.5 Å². The number of non-ortho nitro benzene ring substituents is 1. The number of esters is 1. The smallest absolute Gasteiger partial charge is 0.337 e. The standard InChI is InChI=1S/C22H19N5O4S/c1-2-31-21(28)16-15(13-9-6-10-14(11-13)27(29)30)17-19(23)25-22(32)26-20(17)24-18(16)12-7-4-3-5-8-12/h3-11,15H,2H2,1H3,(H4,23,24,25,26,32). The molecule has 4 N–H and O–H groups in total. The number of H-pyrrole nitrogens is 1. The van der Waals surface area contributed by atoms with E-state index in [2.05, 4.69) is 15.3 Å². The number of benzene rings is 2. The number of hydrogen-bond acceptors (Lipinski definition) is 8. The third-order valence-corrected chi connectivity index (χ3v) is 5.26. The van der Waals surface area contributed by atoms with E-state index in [1.54, 1.807) is 19.1 Å². The van der Waals surface area contributed by atoms with Gasteiger partial charge in [0.2, 0.25) is 0 Å². The molecule has 0 amide bonds. The third-order valence-electron chi connectivity index (χ3n) is 5.06. The molecule has 3 aromatic rings. The number of rotatable bonds is 5. The average Bonchev–Trinajstić information content (AvgIpc) is 2.78. The van der Waals surface area contributed by atoms with E-state index in [0.29, 0.717) is 22.6 Å². The second-order valence-electron chi connectivity index (χ2n) is 7.00. The summed E-state index contributed by atoms with van der Waals surface area (Å²) in [5.74, 6) is -0.768. The highest BCUT2D eigenvalue weighted by molar-refractivity contribution is 7.71. The van der Waals surface area contributed by atoms with Gasteiger partial charge in [-0.3, -0.25) is 10.1 Å². The largest absolute Gasteiger partial charge is 0.463 e. The van der Waals surface area contributed by atoms with Gasteiger partial charge in [-0.15, -0.1) is 0 Å². The summed E-state index contributed by atoms with van der Waals surface area (Å²) in [5, 5.41) is 14.6. The molecular formula is C22H19N5O4S. The number of hydrogen-bond donors (Lipinski definition) is 3. The Bertz CT molecular complexity index is 1300. The summed E-state index contributed by atoms with van der Waals surface area (Å²) in [6, 6.07) is 15.3. The van der Waals surface area contributed by atoms with Crippen LogP contribution in [-0.4, -0.2) is 27.5 Å². The zero-order valence-corrected chi connectivity index (χ0v) is 17.8. The number of nitrogen functional groups attached to an aromatic ring is 1. The highest BCUT2D eigenvalue weighted by Gasteiger charge is 2.38. The molecule has 1 unspecified atom stereocenters. The van der Waals surface area contributed by atoms with E-state index in [1.807, 2.05) is 30.3 Å². The Morgan fingerprint density at radius 3 is 2.69 bits per heavy atom. The minimum Gasteiger partial charge on any atom is -0.463 e. The summed E-state index contributed by atoms with van der Waals surface area (Å²) in [7, 11) is 0. The van der Waals surface area contributed by atoms with Crippen molar-refractivity contribution in [2.24, 2.45) is 0 Å². The second-order valence-corrected chi connectivity index (χ2v) is 7.39. The lowest BCUT2D eigenvalue weighted by Crippen LogP contribution is -2.27. The Balaban J connectivity index is 2.07. The minimum atomic E-state index is -0.778. The van der Waals surface area contributed by atoms with Gasteiger partial charge in [-0.1, -0.05) is 42.5 Å². The molecule has 1 aromatic heterocycles. The molecule has 0 saturated carbocycles. The predicted molar refractivity (Wildman–Crippen MR) is 122 cm³/mol. The van der Waals surface area contributed by atoms with Crippen LogP contribution < -0.4 is 11.1 Å². The number of aromatic amines is 1. The number of carbonyl (C=O) groups is 1. The monoisotopic (exact) mass is 449 g/mol. The van der Waals surface area contributed by atoms with Crippen molar-refractivity contribution >= 4 is 41.2 Å². The zero-order valence-electron chi connectivity index (χ0n) is 17.0. The maximum atomic E-state index is 13.2. The lowest BCUT2D eigenvalue weighted by Gasteiger charge is -2.31. The number of nitrogens with zero attached hydrogens (tertiary/aromatic N) is 2. The van der Waals surface area contributed by atoms with Crippen molar-refractivity contribution in [3.05, 3.63) is 91.7 Å². The number of fused-ring (bicyclic) bond motifs is 1. The van der Waals surface area contributed by atoms with Gasteiger partial charge in [0.25, 0.3) is 5.69 Å². The molecule has 9 nitrogen and oxygen atoms in total. The van der Waals surface area contributed by atoms with Crippen molar-refractivity contribution in [3.8, 4) is 0 Å². The fraction of sp³-hybridized carbons (Fsp3) is 0.136. The van der Waals surface area contributed by atoms with Crippen molar-refractivity contribution < 1.29 is 14.5 Å². The third kappa shape index (κ3) is 3.83. The molecule has 4 rings (SSSR count). The normalized spacial score (nSPS) is 15.0. The maximum absolute atomic E-state index is 13.2. The number of nitrogens with two attached hydrogens (primary N) is 1. The first-order chi connectivity index (χ1) is 15.4. The Morgan fingerprint density at radius 1 is 1.25 bits per heavy atom. The lowest BCUT2D eigenvalue weighted by atomic mass is 9.80. The fourth-order valence-corrected chi connectivity index (χ4v) is 3.98. The highest BCUT2D eigenvalue weighted by Crippen LogP contribution is 2.46. The van der Waals surface area contributed by atoms with Crippen LogP contribution in [0.3, 0.4) is 0 Å². The molecule has 32 heavy (non-hydrogen) atoms. The van der Waals surface area contributed by atoms with Gasteiger partial charge in [0.1, 0.15) is 11.6 Å². The first kappa shape index (κ1) is 21.2. The molecule has 10 heteroatoms. The van der Waals surface area contributed by atoms with Crippen LogP contribution in [0.25, 0.3) is 5.70 Å². The van der Waals surface area contributed by atoms with Gasteiger partial charge >= 0.3 is 5.97 Å². The van der Waals surface area contributed by atoms with Crippen LogP contribution in [0.2, 0.25) is 0 Å². The number of carbonyl (C=O) groups excluding carboxylic acids is 1. The summed E-state index contributed by atoms with van der Waals surface area (Å²) in [5.41, 5.74) is 8.59. The first-order valence-electron chi connectivity index (χ1n) is 9.78. The molecule has 0 spiro atoms. The van der Waals surface area contributed by atoms with E-state index >= 15 is 0 Å². The van der Waals surface area contributed by atoms with Crippen LogP contribution >= 0.6 is 12.2 Å². The quantitative estimate of drug-likeness (QED) is 0.229. The molecule has 0 radical (unpaired) electrons. The van der Waals surface area contributed by atoms with E-state index in [0.717, 1.165) is 5.56 Å². The Kier molecular flexibility index (Phi) is 5.69. The van der Waals surface area contributed by atoms with Gasteiger partial charge in [0.05, 0.1) is 28.7 Å². The van der Waals surface area contributed by atoms with Gasteiger partial charge in [-0.2, -0.15) is 0 Å². The van der Waals surface area contributed by atoms with E-state index in [9.17, 15) is 14.9 Å². The maximum Gasteiger partial charge on any atom is 0.337 e. The number of aromatic nitrogens is 2. The molecule has 0 fully saturated rings. The van der Waals surface area contributed by atoms with E-state index < -0.39 is 16.8 Å². The number of nitrogens with one attached hydrogen (secondary N) is 2. The van der Waals surface area contributed by atoms with Gasteiger partial charge in [-0.05, 0) is 30.3 Å².